The number of carbonyl (C=O) groups excluding carboxylic acids is 3. The number of benzene rings is 3. The SMILES string of the molecule is CC(C)C(N)C(=O)OCOC(=O)C(O)CC(Cc1ccc(-c2cccc(Cl)c2)cc1)NC(=O)c1ccc2nnn(O)c2c1. The van der Waals surface area contributed by atoms with Gasteiger partial charge in [0.1, 0.15) is 17.1 Å². The van der Waals surface area contributed by atoms with E-state index in [1.54, 1.807) is 19.9 Å². The summed E-state index contributed by atoms with van der Waals surface area (Å²) in [5.74, 6) is -2.45. The van der Waals surface area contributed by atoms with Gasteiger partial charge in [-0.1, -0.05) is 66.7 Å². The van der Waals surface area contributed by atoms with Crippen LogP contribution in [0.3, 0.4) is 0 Å². The van der Waals surface area contributed by atoms with Gasteiger partial charge >= 0.3 is 11.9 Å². The van der Waals surface area contributed by atoms with Crippen molar-refractivity contribution in [2.45, 2.75) is 44.9 Å². The normalized spacial score (nSPS) is 13.3. The fourth-order valence-corrected chi connectivity index (χ4v) is 4.46. The van der Waals surface area contributed by atoms with Crippen molar-refractivity contribution in [2.75, 3.05) is 6.79 Å². The first-order valence-corrected chi connectivity index (χ1v) is 13.9. The molecule has 1 heterocycles. The van der Waals surface area contributed by atoms with Crippen molar-refractivity contribution >= 4 is 40.5 Å². The van der Waals surface area contributed by atoms with Crippen LogP contribution in [0.2, 0.25) is 5.02 Å². The lowest BCUT2D eigenvalue weighted by Gasteiger charge is -2.22. The van der Waals surface area contributed by atoms with Crippen LogP contribution in [0.15, 0.2) is 66.7 Å². The van der Waals surface area contributed by atoms with Gasteiger partial charge in [-0.25, -0.2) is 4.79 Å². The predicted octanol–water partition coefficient (Wildman–Crippen LogP) is 3.11. The van der Waals surface area contributed by atoms with Gasteiger partial charge in [0, 0.05) is 23.0 Å². The van der Waals surface area contributed by atoms with Gasteiger partial charge in [0.05, 0.1) is 0 Å². The van der Waals surface area contributed by atoms with E-state index in [4.69, 9.17) is 26.8 Å². The van der Waals surface area contributed by atoms with Crippen LogP contribution in [0, 0.1) is 5.92 Å². The summed E-state index contributed by atoms with van der Waals surface area (Å²) in [6, 6.07) is 17.9. The minimum absolute atomic E-state index is 0.173. The highest BCUT2D eigenvalue weighted by Gasteiger charge is 2.26. The molecule has 0 aliphatic heterocycles. The minimum atomic E-state index is -1.64. The molecule has 4 rings (SSSR count). The molecule has 1 aromatic heterocycles. The lowest BCUT2D eigenvalue weighted by Crippen LogP contribution is -2.41. The van der Waals surface area contributed by atoms with Gasteiger partial charge in [0.2, 0.25) is 6.79 Å². The summed E-state index contributed by atoms with van der Waals surface area (Å²) in [6.07, 6.45) is -1.59. The number of aliphatic hydroxyl groups excluding tert-OH is 1. The summed E-state index contributed by atoms with van der Waals surface area (Å²) in [5.41, 5.74) is 9.24. The second-order valence-corrected chi connectivity index (χ2v) is 10.8. The number of rotatable bonds is 12. The third kappa shape index (κ3) is 8.28. The van der Waals surface area contributed by atoms with E-state index < -0.39 is 42.8 Å². The highest BCUT2D eigenvalue weighted by molar-refractivity contribution is 6.30. The molecule has 0 radical (unpaired) electrons. The Morgan fingerprint density at radius 3 is 2.42 bits per heavy atom. The van der Waals surface area contributed by atoms with Crippen molar-refractivity contribution < 1.29 is 34.2 Å². The summed E-state index contributed by atoms with van der Waals surface area (Å²) in [7, 11) is 0. The fourth-order valence-electron chi connectivity index (χ4n) is 4.27. The van der Waals surface area contributed by atoms with Crippen LogP contribution in [0.25, 0.3) is 22.2 Å². The molecule has 3 atom stereocenters. The number of ether oxygens (including phenoxy) is 2. The van der Waals surface area contributed by atoms with E-state index >= 15 is 0 Å². The number of amides is 1. The Morgan fingerprint density at radius 2 is 1.72 bits per heavy atom. The molecule has 0 saturated heterocycles. The van der Waals surface area contributed by atoms with E-state index in [0.29, 0.717) is 15.4 Å². The maximum Gasteiger partial charge on any atom is 0.337 e. The van der Waals surface area contributed by atoms with E-state index in [1.165, 1.54) is 18.2 Å². The van der Waals surface area contributed by atoms with Crippen LogP contribution in [0.5, 0.6) is 0 Å². The fraction of sp³-hybridized carbons (Fsp3) is 0.300. The van der Waals surface area contributed by atoms with Gasteiger partial charge in [0.25, 0.3) is 5.91 Å². The van der Waals surface area contributed by atoms with Crippen molar-refractivity contribution in [3.8, 4) is 11.1 Å². The number of nitrogens with two attached hydrogens (primary N) is 1. The largest absolute Gasteiger partial charge is 0.427 e. The Hall–Kier alpha value is -4.52. The van der Waals surface area contributed by atoms with E-state index in [9.17, 15) is 24.7 Å². The first-order valence-electron chi connectivity index (χ1n) is 13.5. The van der Waals surface area contributed by atoms with Crippen molar-refractivity contribution in [1.82, 2.24) is 20.5 Å². The van der Waals surface area contributed by atoms with Gasteiger partial charge in [-0.15, -0.1) is 5.10 Å². The first-order chi connectivity index (χ1) is 20.5. The number of nitrogens with one attached hydrogen (secondary N) is 1. The average Bonchev–Trinajstić information content (AvgIpc) is 3.36. The molecule has 4 aromatic rings. The van der Waals surface area contributed by atoms with E-state index in [-0.39, 0.29) is 29.8 Å². The molecule has 13 heteroatoms. The number of esters is 2. The lowest BCUT2D eigenvalue weighted by molar-refractivity contribution is -0.174. The molecule has 12 nitrogen and oxygen atoms in total. The van der Waals surface area contributed by atoms with Crippen molar-refractivity contribution in [1.29, 1.82) is 0 Å². The highest BCUT2D eigenvalue weighted by Crippen LogP contribution is 2.24. The maximum atomic E-state index is 13.2. The third-order valence-corrected chi connectivity index (χ3v) is 7.03. The number of halogens is 1. The molecule has 0 saturated carbocycles. The van der Waals surface area contributed by atoms with Crippen LogP contribution in [-0.2, 0) is 25.5 Å². The smallest absolute Gasteiger partial charge is 0.337 e. The lowest BCUT2D eigenvalue weighted by atomic mass is 9.97. The Kier molecular flexibility index (Phi) is 10.3. The quantitative estimate of drug-likeness (QED) is 0.106. The zero-order chi connectivity index (χ0) is 31.1. The van der Waals surface area contributed by atoms with E-state index in [0.717, 1.165) is 16.7 Å². The monoisotopic (exact) mass is 609 g/mol. The van der Waals surface area contributed by atoms with Crippen LogP contribution >= 0.6 is 11.6 Å². The minimum Gasteiger partial charge on any atom is -0.427 e. The summed E-state index contributed by atoms with van der Waals surface area (Å²) >= 11 is 6.12. The molecule has 0 aliphatic carbocycles. The van der Waals surface area contributed by atoms with Gasteiger partial charge in [-0.3, -0.25) is 9.59 Å². The summed E-state index contributed by atoms with van der Waals surface area (Å²) < 4.78 is 9.79. The molecule has 226 valence electrons. The molecular formula is C30H32ClN5O7. The molecule has 43 heavy (non-hydrogen) atoms. The average molecular weight is 610 g/mol. The molecule has 5 N–H and O–H groups in total. The van der Waals surface area contributed by atoms with Crippen LogP contribution in [-0.4, -0.2) is 68.3 Å². The second-order valence-electron chi connectivity index (χ2n) is 10.3. The highest BCUT2D eigenvalue weighted by atomic mass is 35.5. The molecule has 1 amide bonds. The van der Waals surface area contributed by atoms with Gasteiger partial charge in [-0.2, -0.15) is 0 Å². The number of hydrogen-bond acceptors (Lipinski definition) is 10. The molecule has 0 spiro atoms. The van der Waals surface area contributed by atoms with Gasteiger partial charge in [-0.05, 0) is 64.6 Å². The number of aliphatic hydroxyl groups is 1. The van der Waals surface area contributed by atoms with Crippen LogP contribution in [0.1, 0.15) is 36.2 Å². The maximum absolute atomic E-state index is 13.2. The topological polar surface area (TPSA) is 179 Å². The molecule has 3 aromatic carbocycles. The Morgan fingerprint density at radius 1 is 1.00 bits per heavy atom. The van der Waals surface area contributed by atoms with Gasteiger partial charge in [0.15, 0.2) is 6.10 Å². The number of carbonyl (C=O) groups is 3. The summed E-state index contributed by atoms with van der Waals surface area (Å²) in [6.45, 7) is 2.78. The zero-order valence-electron chi connectivity index (χ0n) is 23.5. The molecule has 0 aliphatic rings. The summed E-state index contributed by atoms with van der Waals surface area (Å²) in [5, 5.41) is 31.2. The predicted molar refractivity (Wildman–Crippen MR) is 157 cm³/mol. The number of hydrogen-bond donors (Lipinski definition) is 4. The Balaban J connectivity index is 1.46. The number of fused-ring (bicyclic) bond motifs is 1. The second kappa shape index (κ2) is 14.1. The van der Waals surface area contributed by atoms with E-state index in [1.807, 2.05) is 42.5 Å². The summed E-state index contributed by atoms with van der Waals surface area (Å²) in [4.78, 5) is 38.2. The van der Waals surface area contributed by atoms with Gasteiger partial charge < -0.3 is 30.8 Å². The molecular weight excluding hydrogens is 578 g/mol. The molecule has 3 unspecified atom stereocenters. The molecule has 0 fully saturated rings. The van der Waals surface area contributed by atoms with E-state index in [2.05, 4.69) is 15.6 Å². The number of nitrogens with zero attached hydrogens (tertiary/aromatic N) is 3. The Labute approximate surface area is 252 Å². The van der Waals surface area contributed by atoms with Crippen molar-refractivity contribution in [2.24, 2.45) is 11.7 Å². The number of aromatic nitrogens is 3. The third-order valence-electron chi connectivity index (χ3n) is 6.79. The Bertz CT molecular complexity index is 1590. The zero-order valence-corrected chi connectivity index (χ0v) is 24.3. The van der Waals surface area contributed by atoms with Crippen LogP contribution < -0.4 is 11.1 Å². The molecule has 0 bridgehead atoms. The standard InChI is InChI=1S/C30H32ClN5O7/c1-17(2)27(32)30(40)43-16-42-29(39)26(37)15-23(33-28(38)21-10-11-24-25(14-21)36(41)35-34-24)12-18-6-8-19(9-7-18)20-4-3-5-22(31)13-20/h3-11,13-14,17,23,26-27,37,41H,12,15-16,32H2,1-2H3,(H,33,38). The van der Waals surface area contributed by atoms with Crippen molar-refractivity contribution in [3.63, 3.8) is 0 Å². The van der Waals surface area contributed by atoms with Crippen molar-refractivity contribution in [3.05, 3.63) is 82.9 Å². The van der Waals surface area contributed by atoms with Crippen LogP contribution in [0.4, 0.5) is 0 Å². The first kappa shape index (κ1) is 31.4.